The topological polar surface area (TPSA) is 77.1 Å². The zero-order chi connectivity index (χ0) is 15.5. The molecule has 0 spiro atoms. The second-order valence-electron chi connectivity index (χ2n) is 5.05. The summed E-state index contributed by atoms with van der Waals surface area (Å²) in [6.45, 7) is 2.52. The van der Waals surface area contributed by atoms with Crippen molar-refractivity contribution in [2.24, 2.45) is 7.05 Å². The Bertz CT molecular complexity index is 803. The van der Waals surface area contributed by atoms with Gasteiger partial charge < -0.3 is 5.32 Å². The van der Waals surface area contributed by atoms with Crippen LogP contribution < -0.4 is 5.32 Å². The molecule has 114 valence electrons. The Kier molecular flexibility index (Phi) is 3.86. The summed E-state index contributed by atoms with van der Waals surface area (Å²) < 4.78 is 3.53. The van der Waals surface area contributed by atoms with Gasteiger partial charge >= 0.3 is 0 Å². The molecule has 0 fully saturated rings. The van der Waals surface area contributed by atoms with Crippen LogP contribution in [0.2, 0.25) is 0 Å². The molecule has 22 heavy (non-hydrogen) atoms. The van der Waals surface area contributed by atoms with E-state index in [1.165, 1.54) is 0 Å². The first kappa shape index (κ1) is 14.2. The highest BCUT2D eigenvalue weighted by Crippen LogP contribution is 2.05. The highest BCUT2D eigenvalue weighted by atomic mass is 16.2. The SMILES string of the molecule is CCc1cc(C(=O)NCCc2nnc3ccccn23)n(C)n1. The lowest BCUT2D eigenvalue weighted by atomic mass is 10.3. The standard InChI is InChI=1S/C15H18N6O/c1-3-11-10-12(20(2)19-11)15(22)16-8-7-14-18-17-13-6-4-5-9-21(13)14/h4-6,9-10H,3,7-8H2,1-2H3,(H,16,22). The van der Waals surface area contributed by atoms with E-state index in [0.717, 1.165) is 23.6 Å². The summed E-state index contributed by atoms with van der Waals surface area (Å²) in [5, 5.41) is 15.4. The van der Waals surface area contributed by atoms with Crippen molar-refractivity contribution in [1.29, 1.82) is 0 Å². The van der Waals surface area contributed by atoms with E-state index in [2.05, 4.69) is 20.6 Å². The van der Waals surface area contributed by atoms with Crippen molar-refractivity contribution >= 4 is 11.6 Å². The van der Waals surface area contributed by atoms with Crippen LogP contribution in [-0.2, 0) is 19.9 Å². The number of fused-ring (bicyclic) bond motifs is 1. The maximum absolute atomic E-state index is 12.2. The van der Waals surface area contributed by atoms with Gasteiger partial charge in [-0.3, -0.25) is 13.9 Å². The van der Waals surface area contributed by atoms with E-state index in [-0.39, 0.29) is 5.91 Å². The van der Waals surface area contributed by atoms with Crippen LogP contribution in [0.15, 0.2) is 30.5 Å². The molecule has 1 amide bonds. The molecule has 7 heteroatoms. The van der Waals surface area contributed by atoms with Crippen molar-refractivity contribution < 1.29 is 4.79 Å². The van der Waals surface area contributed by atoms with E-state index < -0.39 is 0 Å². The molecule has 0 bridgehead atoms. The lowest BCUT2D eigenvalue weighted by Crippen LogP contribution is -2.28. The minimum atomic E-state index is -0.122. The van der Waals surface area contributed by atoms with Gasteiger partial charge in [-0.1, -0.05) is 13.0 Å². The number of aromatic nitrogens is 5. The monoisotopic (exact) mass is 298 g/mol. The second-order valence-corrected chi connectivity index (χ2v) is 5.05. The predicted molar refractivity (Wildman–Crippen MR) is 81.6 cm³/mol. The second kappa shape index (κ2) is 5.97. The van der Waals surface area contributed by atoms with E-state index in [1.54, 1.807) is 11.7 Å². The van der Waals surface area contributed by atoms with Crippen molar-refractivity contribution in [3.05, 3.63) is 47.7 Å². The van der Waals surface area contributed by atoms with E-state index in [4.69, 9.17) is 0 Å². The quantitative estimate of drug-likeness (QED) is 0.762. The molecule has 0 atom stereocenters. The molecule has 0 aliphatic rings. The van der Waals surface area contributed by atoms with Crippen LogP contribution in [0.3, 0.4) is 0 Å². The molecule has 7 nitrogen and oxygen atoms in total. The molecule has 0 aromatic carbocycles. The van der Waals surface area contributed by atoms with Crippen LogP contribution in [0, 0.1) is 0 Å². The largest absolute Gasteiger partial charge is 0.350 e. The first-order chi connectivity index (χ1) is 10.7. The van der Waals surface area contributed by atoms with Gasteiger partial charge in [0.05, 0.1) is 5.69 Å². The third kappa shape index (κ3) is 2.69. The maximum Gasteiger partial charge on any atom is 0.269 e. The molecule has 0 saturated heterocycles. The highest BCUT2D eigenvalue weighted by Gasteiger charge is 2.12. The van der Waals surface area contributed by atoms with Crippen molar-refractivity contribution in [3.8, 4) is 0 Å². The predicted octanol–water partition coefficient (Wildman–Crippen LogP) is 0.998. The fourth-order valence-electron chi connectivity index (χ4n) is 2.35. The Hall–Kier alpha value is -2.70. The number of nitrogens with zero attached hydrogens (tertiary/aromatic N) is 5. The number of hydrogen-bond donors (Lipinski definition) is 1. The number of carbonyl (C=O) groups excluding carboxylic acids is 1. The fraction of sp³-hybridized carbons (Fsp3) is 0.333. The highest BCUT2D eigenvalue weighted by molar-refractivity contribution is 5.92. The Morgan fingerprint density at radius 3 is 2.95 bits per heavy atom. The van der Waals surface area contributed by atoms with Crippen LogP contribution >= 0.6 is 0 Å². The zero-order valence-electron chi connectivity index (χ0n) is 12.7. The lowest BCUT2D eigenvalue weighted by molar-refractivity contribution is 0.0944. The Morgan fingerprint density at radius 1 is 1.32 bits per heavy atom. The molecular weight excluding hydrogens is 280 g/mol. The lowest BCUT2D eigenvalue weighted by Gasteiger charge is -2.04. The molecule has 3 rings (SSSR count). The van der Waals surface area contributed by atoms with E-state index in [1.807, 2.05) is 41.8 Å². The smallest absolute Gasteiger partial charge is 0.269 e. The van der Waals surface area contributed by atoms with Gasteiger partial charge in [0.25, 0.3) is 5.91 Å². The summed E-state index contributed by atoms with van der Waals surface area (Å²) in [5.74, 6) is 0.707. The molecule has 3 aromatic rings. The van der Waals surface area contributed by atoms with Crippen molar-refractivity contribution in [3.63, 3.8) is 0 Å². The van der Waals surface area contributed by atoms with Gasteiger partial charge in [-0.05, 0) is 24.6 Å². The third-order valence-corrected chi connectivity index (χ3v) is 3.54. The van der Waals surface area contributed by atoms with Gasteiger partial charge in [-0.2, -0.15) is 5.10 Å². The normalized spacial score (nSPS) is 11.0. The molecule has 0 radical (unpaired) electrons. The van der Waals surface area contributed by atoms with Crippen molar-refractivity contribution in [2.75, 3.05) is 6.54 Å². The molecule has 0 saturated carbocycles. The van der Waals surface area contributed by atoms with E-state index >= 15 is 0 Å². The first-order valence-corrected chi connectivity index (χ1v) is 7.28. The number of hydrogen-bond acceptors (Lipinski definition) is 4. The number of pyridine rings is 1. The Morgan fingerprint density at radius 2 is 2.18 bits per heavy atom. The molecule has 1 N–H and O–H groups in total. The summed E-state index contributed by atoms with van der Waals surface area (Å²) in [6, 6.07) is 7.57. The number of amides is 1. The van der Waals surface area contributed by atoms with Crippen LogP contribution in [0.25, 0.3) is 5.65 Å². The number of carbonyl (C=O) groups is 1. The van der Waals surface area contributed by atoms with E-state index in [0.29, 0.717) is 18.7 Å². The molecule has 3 aromatic heterocycles. The first-order valence-electron chi connectivity index (χ1n) is 7.28. The van der Waals surface area contributed by atoms with Gasteiger partial charge in [0.1, 0.15) is 11.5 Å². The third-order valence-electron chi connectivity index (χ3n) is 3.54. The van der Waals surface area contributed by atoms with Gasteiger partial charge in [-0.15, -0.1) is 10.2 Å². The average molecular weight is 298 g/mol. The summed E-state index contributed by atoms with van der Waals surface area (Å²) in [6.07, 6.45) is 3.35. The zero-order valence-corrected chi connectivity index (χ0v) is 12.7. The molecule has 0 aliphatic carbocycles. The Balaban J connectivity index is 1.63. The number of rotatable bonds is 5. The molecule has 0 aliphatic heterocycles. The minimum absolute atomic E-state index is 0.122. The van der Waals surface area contributed by atoms with Gasteiger partial charge in [0, 0.05) is 26.2 Å². The summed E-state index contributed by atoms with van der Waals surface area (Å²) in [7, 11) is 1.78. The van der Waals surface area contributed by atoms with Crippen LogP contribution in [0.5, 0.6) is 0 Å². The minimum Gasteiger partial charge on any atom is -0.350 e. The molecule has 3 heterocycles. The summed E-state index contributed by atoms with van der Waals surface area (Å²) in [4.78, 5) is 12.2. The molecular formula is C15H18N6O. The van der Waals surface area contributed by atoms with Crippen molar-refractivity contribution in [2.45, 2.75) is 19.8 Å². The van der Waals surface area contributed by atoms with Gasteiger partial charge in [0.15, 0.2) is 5.65 Å². The van der Waals surface area contributed by atoms with Crippen LogP contribution in [0.4, 0.5) is 0 Å². The average Bonchev–Trinajstić information content (AvgIpc) is 3.11. The number of aryl methyl sites for hydroxylation is 2. The van der Waals surface area contributed by atoms with Crippen LogP contribution in [0.1, 0.15) is 28.9 Å². The fourth-order valence-corrected chi connectivity index (χ4v) is 2.35. The Labute approximate surface area is 128 Å². The van der Waals surface area contributed by atoms with Gasteiger partial charge in [-0.25, -0.2) is 0 Å². The van der Waals surface area contributed by atoms with Gasteiger partial charge in [0.2, 0.25) is 0 Å². The van der Waals surface area contributed by atoms with Crippen molar-refractivity contribution in [1.82, 2.24) is 29.7 Å². The van der Waals surface area contributed by atoms with E-state index in [9.17, 15) is 4.79 Å². The van der Waals surface area contributed by atoms with Crippen LogP contribution in [-0.4, -0.2) is 36.8 Å². The molecule has 0 unspecified atom stereocenters. The number of nitrogens with one attached hydrogen (secondary N) is 1. The summed E-state index contributed by atoms with van der Waals surface area (Å²) >= 11 is 0. The maximum atomic E-state index is 12.2. The summed E-state index contributed by atoms with van der Waals surface area (Å²) in [5.41, 5.74) is 2.29.